The molecule has 1 aliphatic rings. The molecule has 0 saturated carbocycles. The Morgan fingerprint density at radius 3 is 2.66 bits per heavy atom. The fraction of sp³-hybridized carbons (Fsp3) is 0.421. The third-order valence-electron chi connectivity index (χ3n) is 4.61. The highest BCUT2D eigenvalue weighted by Gasteiger charge is 2.29. The molecule has 2 amide bonds. The van der Waals surface area contributed by atoms with Crippen LogP contribution in [0.2, 0.25) is 0 Å². The number of amides is 2. The lowest BCUT2D eigenvalue weighted by molar-refractivity contribution is -0.121. The number of nitrogens with zero attached hydrogens (tertiary/aromatic N) is 2. The van der Waals surface area contributed by atoms with Gasteiger partial charge in [0, 0.05) is 43.0 Å². The molecule has 0 spiro atoms. The van der Waals surface area contributed by atoms with Gasteiger partial charge in [-0.1, -0.05) is 0 Å². The van der Waals surface area contributed by atoms with E-state index in [9.17, 15) is 14.0 Å². The van der Waals surface area contributed by atoms with E-state index < -0.39 is 0 Å². The number of thiazole rings is 1. The molecular formula is C19H25Cl2FN4O2S. The second kappa shape index (κ2) is 12.1. The molecule has 1 atom stereocenters. The molecule has 1 aromatic carbocycles. The summed E-state index contributed by atoms with van der Waals surface area (Å²) in [6.07, 6.45) is 3.10. The highest BCUT2D eigenvalue weighted by atomic mass is 35.5. The van der Waals surface area contributed by atoms with Gasteiger partial charge in [0.15, 0.2) is 0 Å². The SMILES string of the molecule is Cl.Cl.NCCC(=O)NCC1CCCCN1C(=O)c1csc(-c2ccc(F)cc2)n1. The van der Waals surface area contributed by atoms with Gasteiger partial charge in [0.25, 0.3) is 5.91 Å². The lowest BCUT2D eigenvalue weighted by Gasteiger charge is -2.35. The zero-order valence-electron chi connectivity index (χ0n) is 15.8. The van der Waals surface area contributed by atoms with E-state index in [1.54, 1.807) is 22.4 Å². The van der Waals surface area contributed by atoms with E-state index in [4.69, 9.17) is 5.73 Å². The first-order valence-corrected chi connectivity index (χ1v) is 9.95. The number of hydrogen-bond acceptors (Lipinski definition) is 5. The smallest absolute Gasteiger partial charge is 0.273 e. The zero-order chi connectivity index (χ0) is 19.2. The van der Waals surface area contributed by atoms with Crippen molar-refractivity contribution in [3.63, 3.8) is 0 Å². The third kappa shape index (κ3) is 6.64. The Kier molecular flexibility index (Phi) is 10.5. The summed E-state index contributed by atoms with van der Waals surface area (Å²) in [4.78, 5) is 30.9. The van der Waals surface area contributed by atoms with Crippen LogP contribution in [0.1, 0.15) is 36.2 Å². The molecule has 1 aliphatic heterocycles. The molecule has 1 fully saturated rings. The van der Waals surface area contributed by atoms with Crippen molar-refractivity contribution < 1.29 is 14.0 Å². The average molecular weight is 463 g/mol. The second-order valence-corrected chi connectivity index (χ2v) is 7.39. The maximum atomic E-state index is 13.1. The maximum absolute atomic E-state index is 13.1. The van der Waals surface area contributed by atoms with Gasteiger partial charge in [-0.3, -0.25) is 9.59 Å². The monoisotopic (exact) mass is 462 g/mol. The normalized spacial score (nSPS) is 15.8. The van der Waals surface area contributed by atoms with Crippen LogP contribution in [0.25, 0.3) is 10.6 Å². The van der Waals surface area contributed by atoms with Crippen LogP contribution in [0.3, 0.4) is 0 Å². The van der Waals surface area contributed by atoms with Crippen molar-refractivity contribution >= 4 is 48.0 Å². The molecule has 0 bridgehead atoms. The fourth-order valence-corrected chi connectivity index (χ4v) is 3.98. The summed E-state index contributed by atoms with van der Waals surface area (Å²) in [6.45, 7) is 1.39. The molecule has 3 N–H and O–H groups in total. The first-order chi connectivity index (χ1) is 13.1. The van der Waals surface area contributed by atoms with Crippen LogP contribution in [-0.4, -0.2) is 47.4 Å². The van der Waals surface area contributed by atoms with Crippen molar-refractivity contribution in [3.8, 4) is 10.6 Å². The Hall–Kier alpha value is -1.74. The van der Waals surface area contributed by atoms with E-state index in [-0.39, 0.29) is 54.9 Å². The van der Waals surface area contributed by atoms with Crippen LogP contribution < -0.4 is 11.1 Å². The van der Waals surface area contributed by atoms with E-state index in [1.807, 2.05) is 0 Å². The number of carbonyl (C=O) groups is 2. The number of piperidine rings is 1. The largest absolute Gasteiger partial charge is 0.354 e. The fourth-order valence-electron chi connectivity index (χ4n) is 3.18. The number of rotatable bonds is 6. The molecular weight excluding hydrogens is 438 g/mol. The van der Waals surface area contributed by atoms with Gasteiger partial charge < -0.3 is 16.0 Å². The second-order valence-electron chi connectivity index (χ2n) is 6.54. The van der Waals surface area contributed by atoms with E-state index in [0.29, 0.717) is 30.3 Å². The molecule has 160 valence electrons. The number of likely N-dealkylation sites (tertiary alicyclic amines) is 1. The lowest BCUT2D eigenvalue weighted by Crippen LogP contribution is -2.49. The molecule has 2 heterocycles. The molecule has 3 rings (SSSR count). The van der Waals surface area contributed by atoms with E-state index >= 15 is 0 Å². The summed E-state index contributed by atoms with van der Waals surface area (Å²) >= 11 is 1.36. The quantitative estimate of drug-likeness (QED) is 0.689. The Bertz CT molecular complexity index is 804. The maximum Gasteiger partial charge on any atom is 0.273 e. The minimum atomic E-state index is -0.306. The highest BCUT2D eigenvalue weighted by Crippen LogP contribution is 2.26. The van der Waals surface area contributed by atoms with Crippen molar-refractivity contribution in [2.24, 2.45) is 5.73 Å². The number of benzene rings is 1. The van der Waals surface area contributed by atoms with Gasteiger partial charge in [0.05, 0.1) is 0 Å². The predicted octanol–water partition coefficient (Wildman–Crippen LogP) is 3.25. The summed E-state index contributed by atoms with van der Waals surface area (Å²) in [5.41, 5.74) is 6.57. The summed E-state index contributed by atoms with van der Waals surface area (Å²) in [7, 11) is 0. The first-order valence-electron chi connectivity index (χ1n) is 9.07. The average Bonchev–Trinajstić information content (AvgIpc) is 3.17. The van der Waals surface area contributed by atoms with Crippen molar-refractivity contribution in [3.05, 3.63) is 41.2 Å². The Balaban J connectivity index is 0.00000210. The molecule has 2 aromatic rings. The summed E-state index contributed by atoms with van der Waals surface area (Å²) in [5.74, 6) is -0.528. The standard InChI is InChI=1S/C19H23FN4O2S.2ClH/c20-14-6-4-13(5-7-14)18-23-16(12-27-18)19(26)24-10-2-1-3-15(24)11-22-17(25)8-9-21;;/h4-7,12,15H,1-3,8-11,21H2,(H,22,25);2*1H. The van der Waals surface area contributed by atoms with Gasteiger partial charge in [-0.15, -0.1) is 36.2 Å². The van der Waals surface area contributed by atoms with E-state index in [2.05, 4.69) is 10.3 Å². The molecule has 0 radical (unpaired) electrons. The minimum Gasteiger partial charge on any atom is -0.354 e. The molecule has 10 heteroatoms. The van der Waals surface area contributed by atoms with Crippen LogP contribution in [0, 0.1) is 5.82 Å². The van der Waals surface area contributed by atoms with Crippen LogP contribution >= 0.6 is 36.2 Å². The number of nitrogens with two attached hydrogens (primary N) is 1. The topological polar surface area (TPSA) is 88.3 Å². The number of hydrogen-bond donors (Lipinski definition) is 2. The third-order valence-corrected chi connectivity index (χ3v) is 5.50. The molecule has 1 aromatic heterocycles. The number of carbonyl (C=O) groups excluding carboxylic acids is 2. The first kappa shape index (κ1) is 25.3. The molecule has 1 saturated heterocycles. The van der Waals surface area contributed by atoms with Crippen LogP contribution in [0.5, 0.6) is 0 Å². The Labute approximate surface area is 185 Å². The zero-order valence-corrected chi connectivity index (χ0v) is 18.3. The summed E-state index contributed by atoms with van der Waals surface area (Å²) < 4.78 is 13.1. The lowest BCUT2D eigenvalue weighted by atomic mass is 10.0. The highest BCUT2D eigenvalue weighted by molar-refractivity contribution is 7.13. The van der Waals surface area contributed by atoms with E-state index in [0.717, 1.165) is 24.8 Å². The Morgan fingerprint density at radius 2 is 1.97 bits per heavy atom. The number of nitrogens with one attached hydrogen (secondary N) is 1. The number of aromatic nitrogens is 1. The predicted molar refractivity (Wildman–Crippen MR) is 117 cm³/mol. The van der Waals surface area contributed by atoms with E-state index in [1.165, 1.54) is 23.5 Å². The molecule has 0 aliphatic carbocycles. The van der Waals surface area contributed by atoms with Crippen molar-refractivity contribution in [1.82, 2.24) is 15.2 Å². The van der Waals surface area contributed by atoms with Crippen molar-refractivity contribution in [2.75, 3.05) is 19.6 Å². The van der Waals surface area contributed by atoms with Gasteiger partial charge in [0.2, 0.25) is 5.91 Å². The summed E-state index contributed by atoms with van der Waals surface area (Å²) in [6, 6.07) is 6.02. The Morgan fingerprint density at radius 1 is 1.24 bits per heavy atom. The minimum absolute atomic E-state index is 0. The van der Waals surface area contributed by atoms with Gasteiger partial charge >= 0.3 is 0 Å². The van der Waals surface area contributed by atoms with Crippen molar-refractivity contribution in [2.45, 2.75) is 31.7 Å². The van der Waals surface area contributed by atoms with Gasteiger partial charge in [-0.2, -0.15) is 0 Å². The number of halogens is 3. The van der Waals surface area contributed by atoms with Gasteiger partial charge in [-0.25, -0.2) is 9.37 Å². The molecule has 29 heavy (non-hydrogen) atoms. The van der Waals surface area contributed by atoms with Gasteiger partial charge in [0.1, 0.15) is 16.5 Å². The summed E-state index contributed by atoms with van der Waals surface area (Å²) in [5, 5.41) is 5.28. The van der Waals surface area contributed by atoms with Crippen LogP contribution in [0.15, 0.2) is 29.6 Å². The van der Waals surface area contributed by atoms with Crippen LogP contribution in [-0.2, 0) is 4.79 Å². The molecule has 6 nitrogen and oxygen atoms in total. The van der Waals surface area contributed by atoms with Gasteiger partial charge in [-0.05, 0) is 43.5 Å². The van der Waals surface area contributed by atoms with Crippen LogP contribution in [0.4, 0.5) is 4.39 Å². The van der Waals surface area contributed by atoms with Crippen molar-refractivity contribution in [1.29, 1.82) is 0 Å². The molecule has 1 unspecified atom stereocenters.